The third-order valence-corrected chi connectivity index (χ3v) is 1.75. The SMILES string of the molecule is Cc1cc(-c2c(C)[nH]oc2=O)on1.Cl. The molecule has 0 aliphatic rings. The molecule has 0 amide bonds. The monoisotopic (exact) mass is 216 g/mol. The summed E-state index contributed by atoms with van der Waals surface area (Å²) in [5, 5.41) is 6.15. The van der Waals surface area contributed by atoms with Crippen LogP contribution in [0.5, 0.6) is 0 Å². The Morgan fingerprint density at radius 1 is 1.43 bits per heavy atom. The molecule has 0 radical (unpaired) electrons. The first kappa shape index (κ1) is 10.6. The summed E-state index contributed by atoms with van der Waals surface area (Å²) in [6.45, 7) is 3.52. The van der Waals surface area contributed by atoms with Crippen LogP contribution in [-0.4, -0.2) is 10.3 Å². The van der Waals surface area contributed by atoms with Gasteiger partial charge in [-0.15, -0.1) is 12.4 Å². The number of rotatable bonds is 1. The maximum Gasteiger partial charge on any atom is 0.368 e. The van der Waals surface area contributed by atoms with Crippen LogP contribution in [-0.2, 0) is 0 Å². The van der Waals surface area contributed by atoms with Crippen molar-refractivity contribution in [3.05, 3.63) is 27.9 Å². The first-order chi connectivity index (χ1) is 6.18. The number of hydrogen-bond acceptors (Lipinski definition) is 4. The highest BCUT2D eigenvalue weighted by Crippen LogP contribution is 2.18. The van der Waals surface area contributed by atoms with Crippen LogP contribution in [0.3, 0.4) is 0 Å². The zero-order chi connectivity index (χ0) is 9.42. The lowest BCUT2D eigenvalue weighted by molar-refractivity contribution is 0.386. The smallest absolute Gasteiger partial charge is 0.356 e. The van der Waals surface area contributed by atoms with Gasteiger partial charge in [0.2, 0.25) is 0 Å². The van der Waals surface area contributed by atoms with E-state index in [0.29, 0.717) is 17.0 Å². The van der Waals surface area contributed by atoms with Gasteiger partial charge in [0.1, 0.15) is 5.56 Å². The second-order valence-electron chi connectivity index (χ2n) is 2.82. The number of aromatic nitrogens is 2. The topological polar surface area (TPSA) is 72.0 Å². The predicted octanol–water partition coefficient (Wildman–Crippen LogP) is 1.66. The van der Waals surface area contributed by atoms with Crippen molar-refractivity contribution in [3.63, 3.8) is 0 Å². The van der Waals surface area contributed by atoms with Crippen LogP contribution in [0.25, 0.3) is 11.3 Å². The van der Waals surface area contributed by atoms with Crippen molar-refractivity contribution < 1.29 is 9.05 Å². The summed E-state index contributed by atoms with van der Waals surface area (Å²) in [6.07, 6.45) is 0. The fourth-order valence-corrected chi connectivity index (χ4v) is 1.14. The Morgan fingerprint density at radius 2 is 2.14 bits per heavy atom. The van der Waals surface area contributed by atoms with Crippen molar-refractivity contribution in [3.8, 4) is 11.3 Å². The van der Waals surface area contributed by atoms with Crippen LogP contribution in [0.2, 0.25) is 0 Å². The number of nitrogens with one attached hydrogen (secondary N) is 1. The zero-order valence-electron chi connectivity index (χ0n) is 7.66. The summed E-state index contributed by atoms with van der Waals surface area (Å²) in [5.41, 5.74) is 1.34. The molecule has 2 rings (SSSR count). The minimum atomic E-state index is -0.436. The van der Waals surface area contributed by atoms with Crippen LogP contribution in [0.1, 0.15) is 11.4 Å². The van der Waals surface area contributed by atoms with Gasteiger partial charge in [-0.05, 0) is 13.8 Å². The highest BCUT2D eigenvalue weighted by molar-refractivity contribution is 5.85. The maximum absolute atomic E-state index is 11.2. The van der Waals surface area contributed by atoms with Crippen molar-refractivity contribution in [2.45, 2.75) is 13.8 Å². The molecule has 0 unspecified atom stereocenters. The molecule has 6 heteroatoms. The molecule has 76 valence electrons. The standard InChI is InChI=1S/C8H8N2O3.ClH/c1-4-3-6(12-9-4)7-5(2)10-13-8(7)11;/h3,10H,1-2H3;1H. The number of H-pyrrole nitrogens is 1. The minimum Gasteiger partial charge on any atom is -0.356 e. The van der Waals surface area contributed by atoms with Gasteiger partial charge >= 0.3 is 5.63 Å². The quantitative estimate of drug-likeness (QED) is 0.787. The van der Waals surface area contributed by atoms with Gasteiger partial charge in [0.25, 0.3) is 0 Å². The molecule has 0 fully saturated rings. The van der Waals surface area contributed by atoms with Gasteiger partial charge in [0, 0.05) is 6.07 Å². The van der Waals surface area contributed by atoms with E-state index in [9.17, 15) is 4.79 Å². The molecule has 1 N–H and O–H groups in total. The molecule has 2 aromatic rings. The Bertz CT molecular complexity index is 483. The summed E-state index contributed by atoms with van der Waals surface area (Å²) < 4.78 is 9.53. The molecule has 0 aliphatic carbocycles. The Balaban J connectivity index is 0.000000980. The molecular formula is C8H9ClN2O3. The first-order valence-electron chi connectivity index (χ1n) is 3.80. The number of nitrogens with zero attached hydrogens (tertiary/aromatic N) is 1. The number of halogens is 1. The second kappa shape index (κ2) is 3.71. The average Bonchev–Trinajstić information content (AvgIpc) is 2.60. The average molecular weight is 217 g/mol. The molecule has 0 aliphatic heterocycles. The molecule has 2 heterocycles. The number of aryl methyl sites for hydroxylation is 2. The zero-order valence-corrected chi connectivity index (χ0v) is 8.47. The molecular weight excluding hydrogens is 208 g/mol. The Labute approximate surface area is 85.5 Å². The van der Waals surface area contributed by atoms with Crippen LogP contribution in [0.15, 0.2) is 19.9 Å². The summed E-state index contributed by atoms with van der Waals surface area (Å²) in [4.78, 5) is 11.2. The third-order valence-electron chi connectivity index (χ3n) is 1.75. The summed E-state index contributed by atoms with van der Waals surface area (Å²) in [7, 11) is 0. The van der Waals surface area contributed by atoms with Gasteiger partial charge < -0.3 is 9.05 Å². The van der Waals surface area contributed by atoms with Gasteiger partial charge in [-0.1, -0.05) is 5.16 Å². The highest BCUT2D eigenvalue weighted by Gasteiger charge is 2.14. The van der Waals surface area contributed by atoms with Gasteiger partial charge in [-0.3, -0.25) is 0 Å². The third kappa shape index (κ3) is 1.58. The van der Waals surface area contributed by atoms with E-state index in [1.807, 2.05) is 0 Å². The van der Waals surface area contributed by atoms with Crippen molar-refractivity contribution >= 4 is 12.4 Å². The fraction of sp³-hybridized carbons (Fsp3) is 0.250. The van der Waals surface area contributed by atoms with E-state index in [0.717, 1.165) is 5.69 Å². The van der Waals surface area contributed by atoms with Crippen LogP contribution in [0.4, 0.5) is 0 Å². The van der Waals surface area contributed by atoms with Crippen molar-refractivity contribution in [1.29, 1.82) is 0 Å². The van der Waals surface area contributed by atoms with E-state index in [1.165, 1.54) is 0 Å². The van der Waals surface area contributed by atoms with Gasteiger partial charge in [0.05, 0.1) is 11.4 Å². The van der Waals surface area contributed by atoms with Crippen LogP contribution < -0.4 is 5.63 Å². The molecule has 0 atom stereocenters. The Morgan fingerprint density at radius 3 is 2.57 bits per heavy atom. The molecule has 0 spiro atoms. The van der Waals surface area contributed by atoms with E-state index < -0.39 is 5.63 Å². The molecule has 0 saturated carbocycles. The lowest BCUT2D eigenvalue weighted by Gasteiger charge is -1.85. The van der Waals surface area contributed by atoms with E-state index >= 15 is 0 Å². The lowest BCUT2D eigenvalue weighted by Crippen LogP contribution is -1.95. The molecule has 0 aromatic carbocycles. The second-order valence-corrected chi connectivity index (χ2v) is 2.82. The van der Waals surface area contributed by atoms with Crippen LogP contribution in [0, 0.1) is 13.8 Å². The Kier molecular flexibility index (Phi) is 2.81. The molecule has 0 saturated heterocycles. The summed E-state index contributed by atoms with van der Waals surface area (Å²) in [6, 6.07) is 1.69. The molecule has 14 heavy (non-hydrogen) atoms. The number of hydrogen-bond donors (Lipinski definition) is 1. The van der Waals surface area contributed by atoms with E-state index in [-0.39, 0.29) is 12.4 Å². The molecule has 0 bridgehead atoms. The summed E-state index contributed by atoms with van der Waals surface area (Å²) in [5.74, 6) is 0.435. The normalized spacial score (nSPS) is 9.86. The van der Waals surface area contributed by atoms with Gasteiger partial charge in [-0.2, -0.15) is 0 Å². The lowest BCUT2D eigenvalue weighted by atomic mass is 10.2. The first-order valence-corrected chi connectivity index (χ1v) is 3.80. The van der Waals surface area contributed by atoms with Crippen molar-refractivity contribution in [1.82, 2.24) is 10.3 Å². The van der Waals surface area contributed by atoms with E-state index in [2.05, 4.69) is 14.8 Å². The molecule has 5 nitrogen and oxygen atoms in total. The van der Waals surface area contributed by atoms with Crippen molar-refractivity contribution in [2.75, 3.05) is 0 Å². The van der Waals surface area contributed by atoms with Gasteiger partial charge in [0.15, 0.2) is 5.76 Å². The highest BCUT2D eigenvalue weighted by atomic mass is 35.5. The fourth-order valence-electron chi connectivity index (χ4n) is 1.14. The van der Waals surface area contributed by atoms with Crippen molar-refractivity contribution in [2.24, 2.45) is 0 Å². The van der Waals surface area contributed by atoms with Gasteiger partial charge in [-0.25, -0.2) is 9.95 Å². The van der Waals surface area contributed by atoms with E-state index in [1.54, 1.807) is 19.9 Å². The Hall–Kier alpha value is -1.49. The minimum absolute atomic E-state index is 0. The summed E-state index contributed by atoms with van der Waals surface area (Å²) >= 11 is 0. The maximum atomic E-state index is 11.2. The van der Waals surface area contributed by atoms with Crippen LogP contribution >= 0.6 is 12.4 Å². The molecule has 2 aromatic heterocycles. The van der Waals surface area contributed by atoms with E-state index in [4.69, 9.17) is 4.52 Å². The largest absolute Gasteiger partial charge is 0.368 e. The number of aromatic amines is 1. The predicted molar refractivity (Wildman–Crippen MR) is 51.5 cm³/mol.